The number of rotatable bonds is 11. The molecule has 0 aromatic heterocycles. The van der Waals surface area contributed by atoms with Crippen LogP contribution in [0.2, 0.25) is 5.54 Å². The fraction of sp³-hybridized carbons (Fsp3) is 0.923. The van der Waals surface area contributed by atoms with Crippen LogP contribution in [0.3, 0.4) is 0 Å². The standard InChI is InChI=1S/C13H28NO4Si/c1-5-12(19(16-3)17-4)10-8-7-9-11-14-13(15)18-6-2/h12H,5-11H2,1-4H3,(H,14,15). The van der Waals surface area contributed by atoms with Crippen LogP contribution in [0, 0.1) is 0 Å². The first-order chi connectivity index (χ1) is 9.19. The highest BCUT2D eigenvalue weighted by atomic mass is 28.3. The third-order valence-corrected chi connectivity index (χ3v) is 5.17. The smallest absolute Gasteiger partial charge is 0.407 e. The van der Waals surface area contributed by atoms with Gasteiger partial charge >= 0.3 is 15.4 Å². The molecule has 1 radical (unpaired) electrons. The maximum absolute atomic E-state index is 11.0. The number of ether oxygens (including phenoxy) is 1. The highest BCUT2D eigenvalue weighted by Gasteiger charge is 2.23. The maximum atomic E-state index is 11.0. The van der Waals surface area contributed by atoms with Gasteiger partial charge in [-0.05, 0) is 19.8 Å². The molecule has 0 aromatic carbocycles. The van der Waals surface area contributed by atoms with E-state index < -0.39 is 9.28 Å². The average Bonchev–Trinajstić information content (AvgIpc) is 2.41. The van der Waals surface area contributed by atoms with E-state index in [0.29, 0.717) is 18.7 Å². The summed E-state index contributed by atoms with van der Waals surface area (Å²) in [5, 5.41) is 2.73. The number of alkyl carbamates (subject to hydrolysis) is 1. The fourth-order valence-electron chi connectivity index (χ4n) is 1.97. The van der Waals surface area contributed by atoms with Gasteiger partial charge in [0.05, 0.1) is 6.61 Å². The Labute approximate surface area is 118 Å². The van der Waals surface area contributed by atoms with Crippen LogP contribution in [0.15, 0.2) is 0 Å². The fourth-order valence-corrected chi connectivity index (χ4v) is 3.58. The predicted octanol–water partition coefficient (Wildman–Crippen LogP) is 2.85. The lowest BCUT2D eigenvalue weighted by molar-refractivity contribution is 0.152. The number of hydrogen-bond acceptors (Lipinski definition) is 4. The quantitative estimate of drug-likeness (QED) is 0.469. The molecule has 5 nitrogen and oxygen atoms in total. The molecule has 1 unspecified atom stereocenters. The number of carbonyl (C=O) groups is 1. The molecule has 1 N–H and O–H groups in total. The monoisotopic (exact) mass is 290 g/mol. The second-order valence-corrected chi connectivity index (χ2v) is 6.60. The summed E-state index contributed by atoms with van der Waals surface area (Å²) >= 11 is 0. The molecule has 0 aliphatic heterocycles. The van der Waals surface area contributed by atoms with E-state index in [-0.39, 0.29) is 6.09 Å². The van der Waals surface area contributed by atoms with Gasteiger partial charge in [0.2, 0.25) is 0 Å². The van der Waals surface area contributed by atoms with Crippen LogP contribution >= 0.6 is 0 Å². The Bertz CT molecular complexity index is 225. The van der Waals surface area contributed by atoms with E-state index in [0.717, 1.165) is 32.1 Å². The number of carbonyl (C=O) groups excluding carboxylic acids is 1. The summed E-state index contributed by atoms with van der Waals surface area (Å²) in [5.74, 6) is 0. The third-order valence-electron chi connectivity index (χ3n) is 3.00. The molecule has 0 bridgehead atoms. The van der Waals surface area contributed by atoms with Gasteiger partial charge in [-0.3, -0.25) is 0 Å². The van der Waals surface area contributed by atoms with Crippen LogP contribution in [0.4, 0.5) is 4.79 Å². The lowest BCUT2D eigenvalue weighted by atomic mass is 10.1. The van der Waals surface area contributed by atoms with Gasteiger partial charge in [0.1, 0.15) is 0 Å². The molecule has 6 heteroatoms. The lowest BCUT2D eigenvalue weighted by Gasteiger charge is -2.19. The van der Waals surface area contributed by atoms with E-state index in [2.05, 4.69) is 12.2 Å². The Morgan fingerprint density at radius 3 is 2.37 bits per heavy atom. The molecule has 0 saturated heterocycles. The van der Waals surface area contributed by atoms with Crippen LogP contribution < -0.4 is 5.32 Å². The zero-order valence-corrected chi connectivity index (χ0v) is 13.7. The van der Waals surface area contributed by atoms with E-state index in [4.69, 9.17) is 13.6 Å². The van der Waals surface area contributed by atoms with Crippen molar-refractivity contribution in [3.8, 4) is 0 Å². The van der Waals surface area contributed by atoms with Gasteiger partial charge in [-0.2, -0.15) is 0 Å². The van der Waals surface area contributed by atoms with Crippen molar-refractivity contribution in [3.05, 3.63) is 0 Å². The van der Waals surface area contributed by atoms with Crippen molar-refractivity contribution < 1.29 is 18.4 Å². The topological polar surface area (TPSA) is 56.8 Å². The first-order valence-electron chi connectivity index (χ1n) is 7.04. The SMILES string of the molecule is CCOC(=O)NCCCCCC(CC)[Si](OC)OC. The summed E-state index contributed by atoms with van der Waals surface area (Å²) in [5.41, 5.74) is 0.540. The van der Waals surface area contributed by atoms with Crippen LogP contribution in [-0.4, -0.2) is 42.7 Å². The Hall–Kier alpha value is -0.593. The second kappa shape index (κ2) is 12.4. The van der Waals surface area contributed by atoms with Gasteiger partial charge in [0.15, 0.2) is 0 Å². The molecule has 0 aliphatic carbocycles. The van der Waals surface area contributed by atoms with Crippen molar-refractivity contribution >= 4 is 15.4 Å². The van der Waals surface area contributed by atoms with Gasteiger partial charge in [0.25, 0.3) is 0 Å². The van der Waals surface area contributed by atoms with E-state index in [1.807, 2.05) is 0 Å². The van der Waals surface area contributed by atoms with Crippen molar-refractivity contribution in [2.24, 2.45) is 0 Å². The summed E-state index contributed by atoms with van der Waals surface area (Å²) in [6.07, 6.45) is 5.13. The summed E-state index contributed by atoms with van der Waals surface area (Å²) in [7, 11) is 2.34. The third kappa shape index (κ3) is 9.02. The molecule has 19 heavy (non-hydrogen) atoms. The van der Waals surface area contributed by atoms with E-state index in [1.54, 1.807) is 21.1 Å². The van der Waals surface area contributed by atoms with Crippen molar-refractivity contribution in [2.45, 2.75) is 51.5 Å². The molecule has 113 valence electrons. The summed E-state index contributed by atoms with van der Waals surface area (Å²) in [4.78, 5) is 11.0. The van der Waals surface area contributed by atoms with Crippen LogP contribution in [0.5, 0.6) is 0 Å². The number of hydrogen-bond donors (Lipinski definition) is 1. The number of unbranched alkanes of at least 4 members (excludes halogenated alkanes) is 2. The molecule has 0 spiro atoms. The molecule has 0 aromatic rings. The lowest BCUT2D eigenvalue weighted by Crippen LogP contribution is -2.26. The minimum absolute atomic E-state index is 0.321. The zero-order chi connectivity index (χ0) is 14.5. The van der Waals surface area contributed by atoms with E-state index >= 15 is 0 Å². The normalized spacial score (nSPS) is 12.5. The molecule has 0 heterocycles. The Morgan fingerprint density at radius 2 is 1.84 bits per heavy atom. The average molecular weight is 290 g/mol. The van der Waals surface area contributed by atoms with Gasteiger partial charge in [-0.25, -0.2) is 4.79 Å². The Morgan fingerprint density at radius 1 is 1.16 bits per heavy atom. The first kappa shape index (κ1) is 18.4. The Kier molecular flexibility index (Phi) is 12.1. The summed E-state index contributed by atoms with van der Waals surface area (Å²) < 4.78 is 15.6. The largest absolute Gasteiger partial charge is 0.450 e. The van der Waals surface area contributed by atoms with E-state index in [9.17, 15) is 4.79 Å². The number of nitrogens with one attached hydrogen (secondary N) is 1. The van der Waals surface area contributed by atoms with Crippen LogP contribution in [-0.2, 0) is 13.6 Å². The summed E-state index contributed by atoms with van der Waals surface area (Å²) in [6.45, 7) is 5.08. The summed E-state index contributed by atoms with van der Waals surface area (Å²) in [6, 6.07) is 0. The number of amides is 1. The zero-order valence-electron chi connectivity index (χ0n) is 12.7. The molecule has 1 amide bonds. The molecular formula is C13H28NO4Si. The van der Waals surface area contributed by atoms with Gasteiger partial charge in [-0.15, -0.1) is 0 Å². The maximum Gasteiger partial charge on any atom is 0.407 e. The van der Waals surface area contributed by atoms with Gasteiger partial charge in [0, 0.05) is 26.3 Å². The first-order valence-corrected chi connectivity index (χ1v) is 8.44. The van der Waals surface area contributed by atoms with Crippen LogP contribution in [0.25, 0.3) is 0 Å². The van der Waals surface area contributed by atoms with Crippen molar-refractivity contribution in [2.75, 3.05) is 27.4 Å². The van der Waals surface area contributed by atoms with E-state index in [1.165, 1.54) is 0 Å². The minimum atomic E-state index is -1.12. The highest BCUT2D eigenvalue weighted by molar-refractivity contribution is 6.46. The molecule has 0 aliphatic rings. The molecule has 1 atom stereocenters. The molecule has 0 rings (SSSR count). The molecule has 0 saturated carbocycles. The second-order valence-electron chi connectivity index (χ2n) is 4.33. The molecule has 0 fully saturated rings. The van der Waals surface area contributed by atoms with Gasteiger partial charge < -0.3 is 18.9 Å². The highest BCUT2D eigenvalue weighted by Crippen LogP contribution is 2.23. The minimum Gasteiger partial charge on any atom is -0.450 e. The van der Waals surface area contributed by atoms with Crippen molar-refractivity contribution in [1.29, 1.82) is 0 Å². The predicted molar refractivity (Wildman–Crippen MR) is 77.3 cm³/mol. The van der Waals surface area contributed by atoms with Crippen LogP contribution in [0.1, 0.15) is 46.0 Å². The molecular weight excluding hydrogens is 262 g/mol. The van der Waals surface area contributed by atoms with Crippen molar-refractivity contribution in [3.63, 3.8) is 0 Å². The van der Waals surface area contributed by atoms with Crippen molar-refractivity contribution in [1.82, 2.24) is 5.32 Å². The van der Waals surface area contributed by atoms with Gasteiger partial charge in [-0.1, -0.05) is 26.2 Å². The Balaban J connectivity index is 3.58.